The Labute approximate surface area is 208 Å². The number of ether oxygens (including phenoxy) is 1. The zero-order valence-electron chi connectivity index (χ0n) is 19.3. The van der Waals surface area contributed by atoms with E-state index in [-0.39, 0.29) is 36.5 Å². The van der Waals surface area contributed by atoms with Gasteiger partial charge in [0.2, 0.25) is 5.91 Å². The van der Waals surface area contributed by atoms with Gasteiger partial charge in [0.15, 0.2) is 0 Å². The van der Waals surface area contributed by atoms with E-state index in [2.05, 4.69) is 5.32 Å². The average molecular weight is 494 g/mol. The van der Waals surface area contributed by atoms with Gasteiger partial charge in [-0.05, 0) is 42.0 Å². The number of fused-ring (bicyclic) bond motifs is 3. The van der Waals surface area contributed by atoms with Crippen LogP contribution in [0, 0.1) is 11.3 Å². The van der Waals surface area contributed by atoms with Crippen LogP contribution in [0.4, 0.5) is 4.79 Å². The molecule has 0 spiro atoms. The van der Waals surface area contributed by atoms with Crippen LogP contribution in [0.15, 0.2) is 48.5 Å². The lowest BCUT2D eigenvalue weighted by molar-refractivity contribution is -0.149. The van der Waals surface area contributed by atoms with Crippen LogP contribution in [0.1, 0.15) is 43.2 Å². The average Bonchev–Trinajstić information content (AvgIpc) is 3.40. The molecule has 2 amide bonds. The van der Waals surface area contributed by atoms with Crippen molar-refractivity contribution in [1.29, 1.82) is 5.26 Å². The molecule has 2 aliphatic rings. The number of amides is 2. The van der Waals surface area contributed by atoms with E-state index in [1.165, 1.54) is 16.7 Å². The Morgan fingerprint density at radius 2 is 1.80 bits per heavy atom. The van der Waals surface area contributed by atoms with E-state index in [1.807, 2.05) is 54.6 Å². The number of carboxylic acids is 1. The number of hydrogen-bond acceptors (Lipinski definition) is 6. The molecule has 182 valence electrons. The number of nitrogens with zero attached hydrogens (tertiary/aromatic N) is 2. The van der Waals surface area contributed by atoms with Crippen molar-refractivity contribution in [3.63, 3.8) is 0 Å². The van der Waals surface area contributed by atoms with Gasteiger partial charge in [0.25, 0.3) is 0 Å². The predicted octanol–water partition coefficient (Wildman–Crippen LogP) is 3.96. The molecule has 0 aromatic heterocycles. The van der Waals surface area contributed by atoms with Crippen LogP contribution in [0.3, 0.4) is 0 Å². The van der Waals surface area contributed by atoms with E-state index in [0.29, 0.717) is 6.42 Å². The summed E-state index contributed by atoms with van der Waals surface area (Å²) in [7, 11) is 0. The third kappa shape index (κ3) is 5.13. The highest BCUT2D eigenvalue weighted by Crippen LogP contribution is 2.44. The van der Waals surface area contributed by atoms with Crippen LogP contribution < -0.4 is 5.32 Å². The number of aliphatic carboxylic acids is 1. The van der Waals surface area contributed by atoms with Gasteiger partial charge in [0.1, 0.15) is 18.7 Å². The van der Waals surface area contributed by atoms with Crippen LogP contribution in [-0.4, -0.2) is 57.8 Å². The van der Waals surface area contributed by atoms with E-state index in [1.54, 1.807) is 6.92 Å². The molecule has 1 fully saturated rings. The van der Waals surface area contributed by atoms with Crippen molar-refractivity contribution in [3.8, 4) is 17.2 Å². The van der Waals surface area contributed by atoms with Gasteiger partial charge in [-0.2, -0.15) is 5.26 Å². The van der Waals surface area contributed by atoms with Crippen LogP contribution in [0.5, 0.6) is 0 Å². The highest BCUT2D eigenvalue weighted by molar-refractivity contribution is 8.00. The minimum atomic E-state index is -1.08. The van der Waals surface area contributed by atoms with Crippen molar-refractivity contribution in [2.24, 2.45) is 0 Å². The van der Waals surface area contributed by atoms with Gasteiger partial charge < -0.3 is 20.1 Å². The molecular formula is C26H27N3O5S. The number of nitriles is 1. The summed E-state index contributed by atoms with van der Waals surface area (Å²) >= 11 is 1.38. The lowest BCUT2D eigenvalue weighted by Crippen LogP contribution is -2.54. The summed E-state index contributed by atoms with van der Waals surface area (Å²) in [6.07, 6.45) is 0.0945. The molecule has 1 saturated heterocycles. The zero-order valence-corrected chi connectivity index (χ0v) is 20.2. The van der Waals surface area contributed by atoms with Crippen molar-refractivity contribution in [3.05, 3.63) is 59.7 Å². The molecule has 2 aromatic carbocycles. The fourth-order valence-electron chi connectivity index (χ4n) is 4.77. The van der Waals surface area contributed by atoms with Crippen LogP contribution in [0.2, 0.25) is 0 Å². The number of rotatable bonds is 8. The molecule has 3 unspecified atom stereocenters. The SMILES string of the molecule is CC1SCC(C(=O)O)N1C(=O)C(CCCC#N)NC(=O)OCC1c2ccccc2-c2ccccc21. The van der Waals surface area contributed by atoms with Crippen molar-refractivity contribution < 1.29 is 24.2 Å². The Morgan fingerprint density at radius 3 is 2.40 bits per heavy atom. The summed E-state index contributed by atoms with van der Waals surface area (Å²) < 4.78 is 5.58. The largest absolute Gasteiger partial charge is 0.480 e. The fourth-order valence-corrected chi connectivity index (χ4v) is 5.95. The van der Waals surface area contributed by atoms with Gasteiger partial charge >= 0.3 is 12.1 Å². The molecule has 0 bridgehead atoms. The van der Waals surface area contributed by atoms with Gasteiger partial charge in [-0.15, -0.1) is 11.8 Å². The first-order valence-electron chi connectivity index (χ1n) is 11.6. The smallest absolute Gasteiger partial charge is 0.407 e. The molecular weight excluding hydrogens is 466 g/mol. The molecule has 3 atom stereocenters. The highest BCUT2D eigenvalue weighted by Gasteiger charge is 2.42. The van der Waals surface area contributed by atoms with E-state index in [4.69, 9.17) is 10.00 Å². The number of thioether (sulfide) groups is 1. The second-order valence-electron chi connectivity index (χ2n) is 8.61. The quantitative estimate of drug-likeness (QED) is 0.534. The van der Waals surface area contributed by atoms with Gasteiger partial charge in [0.05, 0.1) is 11.4 Å². The molecule has 1 aliphatic heterocycles. The van der Waals surface area contributed by atoms with E-state index < -0.39 is 30.1 Å². The predicted molar refractivity (Wildman–Crippen MR) is 132 cm³/mol. The van der Waals surface area contributed by atoms with Crippen molar-refractivity contribution in [2.75, 3.05) is 12.4 Å². The number of carboxylic acid groups (broad SMARTS) is 1. The van der Waals surface area contributed by atoms with Gasteiger partial charge in [-0.25, -0.2) is 9.59 Å². The maximum absolute atomic E-state index is 13.3. The number of nitrogens with one attached hydrogen (secondary N) is 1. The van der Waals surface area contributed by atoms with Crippen molar-refractivity contribution >= 4 is 29.7 Å². The minimum absolute atomic E-state index is 0.104. The fraction of sp³-hybridized carbons (Fsp3) is 0.385. The molecule has 0 radical (unpaired) electrons. The summed E-state index contributed by atoms with van der Waals surface area (Å²) in [4.78, 5) is 39.0. The Kier molecular flexibility index (Phi) is 7.61. The number of unbranched alkanes of at least 4 members (excludes halogenated alkanes) is 1. The van der Waals surface area contributed by atoms with Crippen molar-refractivity contribution in [1.82, 2.24) is 10.2 Å². The highest BCUT2D eigenvalue weighted by atomic mass is 32.2. The zero-order chi connectivity index (χ0) is 24.9. The number of alkyl carbamates (subject to hydrolysis) is 1. The topological polar surface area (TPSA) is 120 Å². The lowest BCUT2D eigenvalue weighted by Gasteiger charge is -2.29. The molecule has 9 heteroatoms. The second-order valence-corrected chi connectivity index (χ2v) is 9.95. The Bertz CT molecular complexity index is 1120. The first-order valence-corrected chi connectivity index (χ1v) is 12.6. The van der Waals surface area contributed by atoms with Crippen LogP contribution in [-0.2, 0) is 14.3 Å². The van der Waals surface area contributed by atoms with E-state index in [0.717, 1.165) is 22.3 Å². The monoisotopic (exact) mass is 493 g/mol. The number of benzene rings is 2. The van der Waals surface area contributed by atoms with Crippen molar-refractivity contribution in [2.45, 2.75) is 49.6 Å². The Morgan fingerprint density at radius 1 is 1.17 bits per heavy atom. The number of carbonyl (C=O) groups is 3. The van der Waals surface area contributed by atoms with Gasteiger partial charge in [-0.1, -0.05) is 48.5 Å². The summed E-state index contributed by atoms with van der Waals surface area (Å²) in [5.74, 6) is -1.38. The first kappa shape index (κ1) is 24.6. The normalized spacial score (nSPS) is 19.4. The third-order valence-electron chi connectivity index (χ3n) is 6.48. The van der Waals surface area contributed by atoms with Gasteiger partial charge in [0, 0.05) is 18.1 Å². The lowest BCUT2D eigenvalue weighted by atomic mass is 9.98. The molecule has 1 aliphatic carbocycles. The van der Waals surface area contributed by atoms with Gasteiger partial charge in [-0.3, -0.25) is 4.79 Å². The Hall–Kier alpha value is -3.51. The summed E-state index contributed by atoms with van der Waals surface area (Å²) in [5.41, 5.74) is 4.38. The number of hydrogen-bond donors (Lipinski definition) is 2. The minimum Gasteiger partial charge on any atom is -0.480 e. The van der Waals surface area contributed by atoms with Crippen LogP contribution in [0.25, 0.3) is 11.1 Å². The standard InChI is InChI=1S/C26H27N3O5S/c1-16-29(23(15-35-16)25(31)32)24(30)22(12-6-7-13-27)28-26(33)34-14-21-19-10-4-2-8-17(19)18-9-3-5-11-20(18)21/h2-5,8-11,16,21-23H,6-7,12,14-15H2,1H3,(H,28,33)(H,31,32). The molecule has 2 aromatic rings. The summed E-state index contributed by atoms with van der Waals surface area (Å²) in [6.45, 7) is 1.87. The van der Waals surface area contributed by atoms with Crippen LogP contribution >= 0.6 is 11.8 Å². The molecule has 4 rings (SSSR count). The molecule has 8 nitrogen and oxygen atoms in total. The summed E-state index contributed by atoms with van der Waals surface area (Å²) in [6, 6.07) is 16.1. The maximum Gasteiger partial charge on any atom is 0.407 e. The second kappa shape index (κ2) is 10.8. The molecule has 1 heterocycles. The van der Waals surface area contributed by atoms with E-state index >= 15 is 0 Å². The molecule has 2 N–H and O–H groups in total. The van der Waals surface area contributed by atoms with E-state index in [9.17, 15) is 19.5 Å². The summed E-state index contributed by atoms with van der Waals surface area (Å²) in [5, 5.41) is 20.7. The first-order chi connectivity index (χ1) is 16.9. The molecule has 35 heavy (non-hydrogen) atoms. The maximum atomic E-state index is 13.3. The third-order valence-corrected chi connectivity index (χ3v) is 7.70. The molecule has 0 saturated carbocycles. The Balaban J connectivity index is 1.46. The number of carbonyl (C=O) groups excluding carboxylic acids is 2.